The highest BCUT2D eigenvalue weighted by Crippen LogP contribution is 2.39. The number of benzene rings is 4. The summed E-state index contributed by atoms with van der Waals surface area (Å²) in [4.78, 5) is 12.3. The molecule has 4 aromatic carbocycles. The fourth-order valence-electron chi connectivity index (χ4n) is 3.78. The highest BCUT2D eigenvalue weighted by atomic mass is 32.2. The third-order valence-electron chi connectivity index (χ3n) is 5.31. The quantitative estimate of drug-likeness (QED) is 0.482. The van der Waals surface area contributed by atoms with E-state index in [0.29, 0.717) is 39.2 Å². The van der Waals surface area contributed by atoms with Crippen molar-refractivity contribution in [2.24, 2.45) is 0 Å². The number of nitrogens with zero attached hydrogens (tertiary/aromatic N) is 1. The Bertz CT molecular complexity index is 1430. The molecule has 0 aromatic heterocycles. The lowest BCUT2D eigenvalue weighted by Crippen LogP contribution is -2.27. The number of nitrogens with one attached hydrogen (secondary N) is 1. The van der Waals surface area contributed by atoms with Crippen LogP contribution in [0, 0.1) is 0 Å². The van der Waals surface area contributed by atoms with Gasteiger partial charge in [0.1, 0.15) is 5.75 Å². The highest BCUT2D eigenvalue weighted by Gasteiger charge is 2.29. The molecule has 7 heteroatoms. The van der Waals surface area contributed by atoms with E-state index >= 15 is 0 Å². The summed E-state index contributed by atoms with van der Waals surface area (Å²) >= 11 is 0. The molecule has 0 atom stereocenters. The predicted molar refractivity (Wildman–Crippen MR) is 120 cm³/mol. The summed E-state index contributed by atoms with van der Waals surface area (Å²) in [5.74, 6) is 0.795. The van der Waals surface area contributed by atoms with Gasteiger partial charge in [-0.05, 0) is 42.5 Å². The average Bonchev–Trinajstić information content (AvgIpc) is 3.11. The number of para-hydroxylation sites is 3. The summed E-state index contributed by atoms with van der Waals surface area (Å²) in [5, 5.41) is 3.90. The largest absolute Gasteiger partial charge is 0.455 e. The highest BCUT2D eigenvalue weighted by molar-refractivity contribution is 7.93. The fraction of sp³-hybridized carbons (Fsp3) is 0.0417. The number of hydrogen-bond acceptors (Lipinski definition) is 4. The van der Waals surface area contributed by atoms with E-state index in [1.165, 1.54) is 17.4 Å². The normalized spacial score (nSPS) is 12.6. The maximum Gasteiger partial charge on any atom is 0.264 e. The molecule has 1 N–H and O–H groups in total. The number of sulfonamides is 1. The third kappa shape index (κ3) is 3.10. The SMILES string of the molecule is CN(c1ccccc1Oc1ccccc1)S(=O)(=O)c1ccc2c3c(cccc13)C(=O)N2. The first-order valence-corrected chi connectivity index (χ1v) is 11.1. The Balaban J connectivity index is 1.61. The van der Waals surface area contributed by atoms with E-state index in [0.717, 1.165) is 0 Å². The molecule has 31 heavy (non-hydrogen) atoms. The van der Waals surface area contributed by atoms with Crippen molar-refractivity contribution < 1.29 is 17.9 Å². The third-order valence-corrected chi connectivity index (χ3v) is 7.14. The molecule has 0 radical (unpaired) electrons. The summed E-state index contributed by atoms with van der Waals surface area (Å²) in [6.45, 7) is 0. The Kier molecular flexibility index (Phi) is 4.41. The molecule has 0 bridgehead atoms. The van der Waals surface area contributed by atoms with Crippen molar-refractivity contribution in [3.63, 3.8) is 0 Å². The van der Waals surface area contributed by atoms with E-state index in [-0.39, 0.29) is 10.8 Å². The number of carbonyl (C=O) groups is 1. The molecule has 0 saturated carbocycles. The zero-order chi connectivity index (χ0) is 21.6. The van der Waals surface area contributed by atoms with Crippen molar-refractivity contribution in [3.05, 3.63) is 90.5 Å². The average molecular weight is 430 g/mol. The van der Waals surface area contributed by atoms with Crippen LogP contribution in [0.2, 0.25) is 0 Å². The standard InChI is InChI=1S/C24H18N2O4S/c1-26(20-12-5-6-13-21(20)30-16-8-3-2-4-9-16)31(28,29)22-15-14-19-23-17(22)10-7-11-18(23)24(27)25-19/h2-15H,1H3,(H,25,27). The minimum Gasteiger partial charge on any atom is -0.455 e. The molecule has 1 amide bonds. The smallest absolute Gasteiger partial charge is 0.264 e. The molecule has 1 heterocycles. The molecule has 5 rings (SSSR count). The minimum absolute atomic E-state index is 0.126. The first kappa shape index (κ1) is 19.1. The number of amides is 1. The Morgan fingerprint density at radius 1 is 0.839 bits per heavy atom. The van der Waals surface area contributed by atoms with Crippen LogP contribution < -0.4 is 14.4 Å². The first-order valence-electron chi connectivity index (χ1n) is 9.65. The van der Waals surface area contributed by atoms with Crippen LogP contribution in [0.15, 0.2) is 89.8 Å². The number of carbonyl (C=O) groups excluding carboxylic acids is 1. The van der Waals surface area contributed by atoms with E-state index < -0.39 is 10.0 Å². The molecule has 0 aliphatic carbocycles. The fourth-order valence-corrected chi connectivity index (χ4v) is 5.18. The molecule has 0 fully saturated rings. The van der Waals surface area contributed by atoms with Gasteiger partial charge in [0.2, 0.25) is 0 Å². The van der Waals surface area contributed by atoms with Crippen LogP contribution in [0.5, 0.6) is 11.5 Å². The zero-order valence-electron chi connectivity index (χ0n) is 16.6. The van der Waals surface area contributed by atoms with Crippen molar-refractivity contribution in [1.82, 2.24) is 0 Å². The Labute approximate surface area is 179 Å². The number of hydrogen-bond donors (Lipinski definition) is 1. The van der Waals surface area contributed by atoms with Crippen molar-refractivity contribution >= 4 is 38.1 Å². The van der Waals surface area contributed by atoms with Gasteiger partial charge in [-0.3, -0.25) is 9.10 Å². The van der Waals surface area contributed by atoms with Crippen LogP contribution >= 0.6 is 0 Å². The second kappa shape index (κ2) is 7.14. The van der Waals surface area contributed by atoms with Gasteiger partial charge in [0.25, 0.3) is 15.9 Å². The summed E-state index contributed by atoms with van der Waals surface area (Å²) in [5.41, 5.74) is 1.49. The van der Waals surface area contributed by atoms with Gasteiger partial charge in [0, 0.05) is 29.1 Å². The minimum atomic E-state index is -3.94. The van der Waals surface area contributed by atoms with Gasteiger partial charge in [-0.15, -0.1) is 0 Å². The molecule has 0 saturated heterocycles. The van der Waals surface area contributed by atoms with Crippen molar-refractivity contribution in [3.8, 4) is 11.5 Å². The van der Waals surface area contributed by atoms with E-state index in [9.17, 15) is 13.2 Å². The second-order valence-electron chi connectivity index (χ2n) is 7.15. The molecule has 4 aromatic rings. The van der Waals surface area contributed by atoms with Gasteiger partial charge in [-0.1, -0.05) is 42.5 Å². The molecular weight excluding hydrogens is 412 g/mol. The molecule has 0 spiro atoms. The van der Waals surface area contributed by atoms with Gasteiger partial charge in [0.15, 0.2) is 5.75 Å². The topological polar surface area (TPSA) is 75.7 Å². The van der Waals surface area contributed by atoms with Crippen LogP contribution in [-0.4, -0.2) is 21.4 Å². The lowest BCUT2D eigenvalue weighted by molar-refractivity contribution is 0.103. The first-order chi connectivity index (χ1) is 15.0. The van der Waals surface area contributed by atoms with Gasteiger partial charge in [0.05, 0.1) is 10.6 Å². The molecule has 154 valence electrons. The van der Waals surface area contributed by atoms with Crippen LogP contribution in [0.3, 0.4) is 0 Å². The molecule has 0 unspecified atom stereocenters. The van der Waals surface area contributed by atoms with E-state index in [1.54, 1.807) is 60.7 Å². The van der Waals surface area contributed by atoms with E-state index in [4.69, 9.17) is 4.74 Å². The summed E-state index contributed by atoms with van der Waals surface area (Å²) in [7, 11) is -2.45. The lowest BCUT2D eigenvalue weighted by Gasteiger charge is -2.23. The van der Waals surface area contributed by atoms with Gasteiger partial charge in [-0.2, -0.15) is 0 Å². The number of anilines is 2. The van der Waals surface area contributed by atoms with Gasteiger partial charge >= 0.3 is 0 Å². The lowest BCUT2D eigenvalue weighted by atomic mass is 10.1. The predicted octanol–water partition coefficient (Wildman–Crippen LogP) is 5.02. The monoisotopic (exact) mass is 430 g/mol. The second-order valence-corrected chi connectivity index (χ2v) is 9.09. The Morgan fingerprint density at radius 3 is 2.39 bits per heavy atom. The number of rotatable bonds is 5. The van der Waals surface area contributed by atoms with E-state index in [2.05, 4.69) is 5.32 Å². The summed E-state index contributed by atoms with van der Waals surface area (Å²) in [6.07, 6.45) is 0. The van der Waals surface area contributed by atoms with Crippen LogP contribution in [0.4, 0.5) is 11.4 Å². The maximum absolute atomic E-state index is 13.6. The zero-order valence-corrected chi connectivity index (χ0v) is 17.4. The molecule has 1 aliphatic rings. The van der Waals surface area contributed by atoms with Gasteiger partial charge in [-0.25, -0.2) is 8.42 Å². The van der Waals surface area contributed by atoms with Crippen molar-refractivity contribution in [1.29, 1.82) is 0 Å². The van der Waals surface area contributed by atoms with Crippen molar-refractivity contribution in [2.45, 2.75) is 4.90 Å². The number of ether oxygens (including phenoxy) is 1. The Hall–Kier alpha value is -3.84. The van der Waals surface area contributed by atoms with Crippen molar-refractivity contribution in [2.75, 3.05) is 16.7 Å². The van der Waals surface area contributed by atoms with Crippen LogP contribution in [0.25, 0.3) is 10.8 Å². The summed E-state index contributed by atoms with van der Waals surface area (Å²) in [6, 6.07) is 24.4. The molecular formula is C24H18N2O4S. The maximum atomic E-state index is 13.6. The van der Waals surface area contributed by atoms with Crippen LogP contribution in [0.1, 0.15) is 10.4 Å². The van der Waals surface area contributed by atoms with Gasteiger partial charge < -0.3 is 10.1 Å². The van der Waals surface area contributed by atoms with Crippen LogP contribution in [-0.2, 0) is 10.0 Å². The molecule has 1 aliphatic heterocycles. The molecule has 6 nitrogen and oxygen atoms in total. The van der Waals surface area contributed by atoms with E-state index in [1.807, 2.05) is 18.2 Å². The summed E-state index contributed by atoms with van der Waals surface area (Å²) < 4.78 is 34.4. The Morgan fingerprint density at radius 2 is 1.58 bits per heavy atom.